The van der Waals surface area contributed by atoms with E-state index in [1.165, 1.54) is 23.1 Å². The van der Waals surface area contributed by atoms with Crippen LogP contribution in [0.2, 0.25) is 0 Å². The van der Waals surface area contributed by atoms with Crippen LogP contribution >= 0.6 is 0 Å². The van der Waals surface area contributed by atoms with Crippen LogP contribution < -0.4 is 0 Å². The quantitative estimate of drug-likeness (QED) is 0.539. The maximum Gasteiger partial charge on any atom is 0.0647 e. The molecule has 1 rings (SSSR count). The molecule has 2 heteroatoms. The summed E-state index contributed by atoms with van der Waals surface area (Å²) in [5, 5.41) is 0. The zero-order valence-electron chi connectivity index (χ0n) is 15.3. The minimum atomic E-state index is 0.848. The molecular weight excluding hydrogens is 280 g/mol. The van der Waals surface area contributed by atoms with Gasteiger partial charge in [-0.25, -0.2) is 0 Å². The molecule has 0 saturated carbocycles. The van der Waals surface area contributed by atoms with E-state index in [0.717, 1.165) is 38.3 Å². The van der Waals surface area contributed by atoms with Gasteiger partial charge in [-0.15, -0.1) is 6.58 Å². The summed E-state index contributed by atoms with van der Waals surface area (Å²) >= 11 is 0. The van der Waals surface area contributed by atoms with E-state index in [9.17, 15) is 0 Å². The van der Waals surface area contributed by atoms with Crippen molar-refractivity contribution in [2.24, 2.45) is 4.99 Å². The van der Waals surface area contributed by atoms with E-state index >= 15 is 0 Å². The summed E-state index contributed by atoms with van der Waals surface area (Å²) in [7, 11) is 0. The lowest BCUT2D eigenvalue weighted by Gasteiger charge is -2.19. The lowest BCUT2D eigenvalue weighted by atomic mass is 10.0. The van der Waals surface area contributed by atoms with Crippen molar-refractivity contribution in [2.45, 2.75) is 40.5 Å². The van der Waals surface area contributed by atoms with Gasteiger partial charge in [0, 0.05) is 6.54 Å². The Hall–Kier alpha value is -1.67. The molecule has 0 aromatic carbocycles. The van der Waals surface area contributed by atoms with Gasteiger partial charge in [-0.1, -0.05) is 42.4 Å². The monoisotopic (exact) mass is 312 g/mol. The van der Waals surface area contributed by atoms with E-state index in [-0.39, 0.29) is 0 Å². The summed E-state index contributed by atoms with van der Waals surface area (Å²) in [6.07, 6.45) is 15.0. The lowest BCUT2D eigenvalue weighted by molar-refractivity contribution is 0.293. The highest BCUT2D eigenvalue weighted by Gasteiger charge is 2.06. The molecule has 0 N–H and O–H groups in total. The molecule has 0 saturated heterocycles. The molecule has 0 spiro atoms. The van der Waals surface area contributed by atoms with Crippen LogP contribution in [0.15, 0.2) is 64.7 Å². The molecule has 2 nitrogen and oxygen atoms in total. The van der Waals surface area contributed by atoms with E-state index in [4.69, 9.17) is 4.99 Å². The first-order valence-electron chi connectivity index (χ1n) is 8.67. The van der Waals surface area contributed by atoms with Gasteiger partial charge in [0.1, 0.15) is 0 Å². The van der Waals surface area contributed by atoms with Gasteiger partial charge in [0.2, 0.25) is 0 Å². The fourth-order valence-corrected chi connectivity index (χ4v) is 2.50. The van der Waals surface area contributed by atoms with Gasteiger partial charge < -0.3 is 4.90 Å². The molecule has 0 bridgehead atoms. The third-order valence-electron chi connectivity index (χ3n) is 3.87. The average molecular weight is 313 g/mol. The van der Waals surface area contributed by atoms with Crippen LogP contribution in [-0.2, 0) is 0 Å². The van der Waals surface area contributed by atoms with E-state index < -0.39 is 0 Å². The third-order valence-corrected chi connectivity index (χ3v) is 3.87. The highest BCUT2D eigenvalue weighted by atomic mass is 15.1. The predicted molar refractivity (Wildman–Crippen MR) is 104 cm³/mol. The highest BCUT2D eigenvalue weighted by molar-refractivity contribution is 6.12. The Balaban J connectivity index is 2.57. The Labute approximate surface area is 142 Å². The Morgan fingerprint density at radius 1 is 1.30 bits per heavy atom. The Kier molecular flexibility index (Phi) is 9.23. The van der Waals surface area contributed by atoms with Gasteiger partial charge in [0.25, 0.3) is 0 Å². The number of likely N-dealkylation sites (N-methyl/N-ethyl adjacent to an activating group) is 1. The largest absolute Gasteiger partial charge is 0.302 e. The second kappa shape index (κ2) is 11.0. The Bertz CT molecular complexity index is 530. The molecule has 23 heavy (non-hydrogen) atoms. The topological polar surface area (TPSA) is 15.6 Å². The predicted octanol–water partition coefficient (Wildman–Crippen LogP) is 5.12. The van der Waals surface area contributed by atoms with Crippen molar-refractivity contribution in [1.82, 2.24) is 4.90 Å². The Morgan fingerprint density at radius 3 is 2.74 bits per heavy atom. The second-order valence-electron chi connectivity index (χ2n) is 6.13. The van der Waals surface area contributed by atoms with E-state index in [1.807, 2.05) is 13.0 Å². The normalized spacial score (nSPS) is 18.4. The van der Waals surface area contributed by atoms with Gasteiger partial charge in [-0.05, 0) is 64.4 Å². The SMILES string of the molecule is C=C(C)CCCN(CC)CCN=C1C=CC(C)=C/C1=C/C=C/C. The van der Waals surface area contributed by atoms with Gasteiger partial charge in [0.15, 0.2) is 0 Å². The molecule has 0 unspecified atom stereocenters. The van der Waals surface area contributed by atoms with E-state index in [2.05, 4.69) is 62.6 Å². The molecule has 0 atom stereocenters. The van der Waals surface area contributed by atoms with Crippen molar-refractivity contribution in [3.8, 4) is 0 Å². The molecule has 0 aromatic rings. The van der Waals surface area contributed by atoms with Crippen molar-refractivity contribution in [1.29, 1.82) is 0 Å². The van der Waals surface area contributed by atoms with Crippen molar-refractivity contribution in [3.63, 3.8) is 0 Å². The third kappa shape index (κ3) is 7.94. The van der Waals surface area contributed by atoms with Crippen molar-refractivity contribution in [3.05, 3.63) is 59.8 Å². The van der Waals surface area contributed by atoms with Crippen molar-refractivity contribution < 1.29 is 0 Å². The van der Waals surface area contributed by atoms with Gasteiger partial charge in [0.05, 0.1) is 12.3 Å². The van der Waals surface area contributed by atoms with Gasteiger partial charge in [-0.3, -0.25) is 4.99 Å². The van der Waals surface area contributed by atoms with Crippen molar-refractivity contribution >= 4 is 5.71 Å². The summed E-state index contributed by atoms with van der Waals surface area (Å²) in [5.74, 6) is 0. The van der Waals surface area contributed by atoms with Crippen LogP contribution in [0, 0.1) is 0 Å². The molecule has 126 valence electrons. The highest BCUT2D eigenvalue weighted by Crippen LogP contribution is 2.14. The number of rotatable bonds is 9. The van der Waals surface area contributed by atoms with E-state index in [1.54, 1.807) is 0 Å². The number of allylic oxidation sites excluding steroid dienone is 9. The fourth-order valence-electron chi connectivity index (χ4n) is 2.50. The average Bonchev–Trinajstić information content (AvgIpc) is 2.52. The number of hydrogen-bond donors (Lipinski definition) is 0. The summed E-state index contributed by atoms with van der Waals surface area (Å²) in [5.41, 5.74) is 4.84. The summed E-state index contributed by atoms with van der Waals surface area (Å²) < 4.78 is 0. The zero-order valence-corrected chi connectivity index (χ0v) is 15.3. The maximum absolute atomic E-state index is 4.81. The minimum absolute atomic E-state index is 0.848. The molecule has 0 amide bonds. The lowest BCUT2D eigenvalue weighted by Crippen LogP contribution is -2.27. The van der Waals surface area contributed by atoms with Crippen LogP contribution in [0.4, 0.5) is 0 Å². The molecule has 0 aromatic heterocycles. The first-order chi connectivity index (χ1) is 11.1. The molecule has 0 heterocycles. The molecule has 1 aliphatic rings. The first kappa shape index (κ1) is 19.4. The summed E-state index contributed by atoms with van der Waals surface area (Å²) in [4.78, 5) is 7.28. The number of hydrogen-bond acceptors (Lipinski definition) is 2. The van der Waals surface area contributed by atoms with Crippen LogP contribution in [0.3, 0.4) is 0 Å². The molecule has 0 aliphatic heterocycles. The maximum atomic E-state index is 4.81. The minimum Gasteiger partial charge on any atom is -0.302 e. The fraction of sp³-hybridized carbons (Fsp3) is 0.476. The smallest absolute Gasteiger partial charge is 0.0647 e. The summed E-state index contributed by atoms with van der Waals surface area (Å²) in [6.45, 7) is 16.5. The van der Waals surface area contributed by atoms with Gasteiger partial charge in [-0.2, -0.15) is 0 Å². The molecule has 0 radical (unpaired) electrons. The van der Waals surface area contributed by atoms with Crippen LogP contribution in [0.1, 0.15) is 40.5 Å². The van der Waals surface area contributed by atoms with Crippen molar-refractivity contribution in [2.75, 3.05) is 26.2 Å². The number of nitrogens with zero attached hydrogens (tertiary/aromatic N) is 2. The first-order valence-corrected chi connectivity index (χ1v) is 8.67. The van der Waals surface area contributed by atoms with Gasteiger partial charge >= 0.3 is 0 Å². The molecule has 1 aliphatic carbocycles. The van der Waals surface area contributed by atoms with Crippen LogP contribution in [0.25, 0.3) is 0 Å². The van der Waals surface area contributed by atoms with Crippen LogP contribution in [0.5, 0.6) is 0 Å². The number of aliphatic imine (C=N–C) groups is 1. The Morgan fingerprint density at radius 2 is 2.09 bits per heavy atom. The molecule has 0 fully saturated rings. The standard InChI is InChI=1S/C21H32N2/c1-6-8-11-20-17-19(5)12-13-21(20)22-14-16-23(7-2)15-9-10-18(3)4/h6,8,11-13,17H,3,7,9-10,14-16H2,1-2,4-5H3/b8-6+,20-11-,22-21?. The van der Waals surface area contributed by atoms with Crippen LogP contribution in [-0.4, -0.2) is 36.8 Å². The summed E-state index contributed by atoms with van der Waals surface area (Å²) in [6, 6.07) is 0. The molecular formula is C21H32N2. The second-order valence-corrected chi connectivity index (χ2v) is 6.13. The zero-order chi connectivity index (χ0) is 17.1. The van der Waals surface area contributed by atoms with E-state index in [0.29, 0.717) is 0 Å².